The zero-order valence-corrected chi connectivity index (χ0v) is 17.4. The van der Waals surface area contributed by atoms with Crippen molar-refractivity contribution in [3.8, 4) is 0 Å². The fourth-order valence-corrected chi connectivity index (χ4v) is 3.49. The Morgan fingerprint density at radius 3 is 2.61 bits per heavy atom. The molecule has 0 aromatic heterocycles. The van der Waals surface area contributed by atoms with Gasteiger partial charge in [0, 0.05) is 18.7 Å². The molecule has 28 heavy (non-hydrogen) atoms. The molecule has 2 rings (SSSR count). The van der Waals surface area contributed by atoms with E-state index in [1.807, 2.05) is 0 Å². The highest BCUT2D eigenvalue weighted by Gasteiger charge is 2.36. The van der Waals surface area contributed by atoms with Gasteiger partial charge in [-0.05, 0) is 24.8 Å². The maximum Gasteiger partial charge on any atom is 0.350 e. The summed E-state index contributed by atoms with van der Waals surface area (Å²) in [5, 5.41) is 2.98. The van der Waals surface area contributed by atoms with Gasteiger partial charge in [-0.1, -0.05) is 65.0 Å². The molecule has 1 N–H and O–H groups in total. The van der Waals surface area contributed by atoms with Gasteiger partial charge in [0.2, 0.25) is 5.91 Å². The number of rotatable bonds is 11. The third-order valence-electron chi connectivity index (χ3n) is 5.42. The molecule has 4 amide bonds. The highest BCUT2D eigenvalue weighted by molar-refractivity contribution is 6.23. The lowest BCUT2D eigenvalue weighted by Gasteiger charge is -2.29. The van der Waals surface area contributed by atoms with Crippen LogP contribution in [-0.2, 0) is 9.59 Å². The van der Waals surface area contributed by atoms with Gasteiger partial charge in [-0.2, -0.15) is 4.99 Å². The van der Waals surface area contributed by atoms with E-state index in [2.05, 4.69) is 31.1 Å². The number of hydrogen-bond acceptors (Lipinski definition) is 3. The van der Waals surface area contributed by atoms with Crippen molar-refractivity contribution < 1.29 is 14.4 Å². The van der Waals surface area contributed by atoms with Gasteiger partial charge in [-0.3, -0.25) is 14.5 Å². The van der Waals surface area contributed by atoms with Crippen LogP contribution >= 0.6 is 0 Å². The summed E-state index contributed by atoms with van der Waals surface area (Å²) in [5.41, 5.74) is 0.813. The molecule has 0 bridgehead atoms. The molecule has 0 fully saturated rings. The van der Waals surface area contributed by atoms with Crippen LogP contribution in [0.5, 0.6) is 0 Å². The minimum Gasteiger partial charge on any atom is -0.352 e. The average Bonchev–Trinajstić information content (AvgIpc) is 2.70. The molecule has 6 heteroatoms. The van der Waals surface area contributed by atoms with Crippen molar-refractivity contribution in [3.05, 3.63) is 23.8 Å². The average molecular weight is 388 g/mol. The number of amides is 4. The highest BCUT2D eigenvalue weighted by Crippen LogP contribution is 2.23. The number of fused-ring (bicyclic) bond motifs is 1. The Morgan fingerprint density at radius 2 is 1.93 bits per heavy atom. The lowest BCUT2D eigenvalue weighted by atomic mass is 9.91. The van der Waals surface area contributed by atoms with Gasteiger partial charge in [0.15, 0.2) is 0 Å². The maximum absolute atomic E-state index is 12.6. The van der Waals surface area contributed by atoms with E-state index >= 15 is 0 Å². The molecular weight excluding hydrogens is 354 g/mol. The van der Waals surface area contributed by atoms with Gasteiger partial charge in [0.25, 0.3) is 5.91 Å². The molecule has 0 saturated carbocycles. The molecular formula is C22H33N3O3. The molecule has 1 aliphatic carbocycles. The van der Waals surface area contributed by atoms with Crippen molar-refractivity contribution in [2.45, 2.75) is 65.7 Å². The predicted molar refractivity (Wildman–Crippen MR) is 111 cm³/mol. The van der Waals surface area contributed by atoms with Crippen LogP contribution in [-0.4, -0.2) is 41.5 Å². The second-order valence-corrected chi connectivity index (χ2v) is 7.58. The Morgan fingerprint density at radius 1 is 1.18 bits per heavy atom. The number of carbonyl (C=O) groups is 3. The number of imide groups is 1. The number of nitrogens with zero attached hydrogens (tertiary/aromatic N) is 2. The number of urea groups is 1. The first-order valence-corrected chi connectivity index (χ1v) is 10.6. The lowest BCUT2D eigenvalue weighted by molar-refractivity contribution is -0.129. The minimum atomic E-state index is -0.566. The van der Waals surface area contributed by atoms with E-state index in [1.165, 1.54) is 4.90 Å². The summed E-state index contributed by atoms with van der Waals surface area (Å²) >= 11 is 0. The smallest absolute Gasteiger partial charge is 0.350 e. The van der Waals surface area contributed by atoms with Crippen molar-refractivity contribution >= 4 is 23.6 Å². The minimum absolute atomic E-state index is 0.183. The van der Waals surface area contributed by atoms with Gasteiger partial charge >= 0.3 is 6.03 Å². The number of allylic oxidation sites excluding steroid dienone is 1. The Kier molecular flexibility index (Phi) is 8.61. The molecule has 0 saturated heterocycles. The molecule has 2 atom stereocenters. The quantitative estimate of drug-likeness (QED) is 0.544. The maximum atomic E-state index is 12.6. The lowest BCUT2D eigenvalue weighted by Crippen LogP contribution is -2.46. The van der Waals surface area contributed by atoms with Gasteiger partial charge in [0.1, 0.15) is 0 Å². The standard InChI is InChI=1S/C22H33N3O3/c1-4-7-9-13-25-21(27)18-12-11-17(14-19(18)24-22(25)28)20(26)23-15-16(6-3)10-8-5-2/h11-12,14,16,18H,4-10,13,15H2,1-3H3,(H,23,26). The summed E-state index contributed by atoms with van der Waals surface area (Å²) in [7, 11) is 0. The van der Waals surface area contributed by atoms with Crippen LogP contribution in [0.25, 0.3) is 0 Å². The monoisotopic (exact) mass is 387 g/mol. The molecule has 2 aliphatic rings. The van der Waals surface area contributed by atoms with E-state index in [9.17, 15) is 14.4 Å². The number of aliphatic imine (C=N–C) groups is 1. The first kappa shape index (κ1) is 22.1. The predicted octanol–water partition coefficient (Wildman–Crippen LogP) is 4.02. The SMILES string of the molecule is CCCCCN1C(=O)N=C2C=C(C(=O)NCC(CC)CCCC)C=CC2C1=O. The van der Waals surface area contributed by atoms with Crippen LogP contribution in [0.15, 0.2) is 28.8 Å². The molecule has 1 heterocycles. The van der Waals surface area contributed by atoms with Crippen LogP contribution in [0.1, 0.15) is 65.7 Å². The van der Waals surface area contributed by atoms with Crippen molar-refractivity contribution in [1.29, 1.82) is 0 Å². The van der Waals surface area contributed by atoms with Crippen LogP contribution in [0, 0.1) is 11.8 Å². The normalized spacial score (nSPS) is 19.8. The summed E-state index contributed by atoms with van der Waals surface area (Å²) in [6.45, 7) is 7.41. The number of unbranched alkanes of at least 4 members (excludes halogenated alkanes) is 3. The van der Waals surface area contributed by atoms with Crippen molar-refractivity contribution in [1.82, 2.24) is 10.2 Å². The van der Waals surface area contributed by atoms with Crippen LogP contribution in [0.4, 0.5) is 4.79 Å². The zero-order valence-electron chi connectivity index (χ0n) is 17.4. The molecule has 0 aromatic carbocycles. The van der Waals surface area contributed by atoms with E-state index in [0.29, 0.717) is 30.3 Å². The fraction of sp³-hybridized carbons (Fsp3) is 0.636. The molecule has 6 nitrogen and oxygen atoms in total. The number of hydrogen-bond donors (Lipinski definition) is 1. The molecule has 0 aromatic rings. The Balaban J connectivity index is 2.00. The first-order valence-electron chi connectivity index (χ1n) is 10.6. The van der Waals surface area contributed by atoms with Crippen LogP contribution in [0.2, 0.25) is 0 Å². The van der Waals surface area contributed by atoms with E-state index in [4.69, 9.17) is 0 Å². The summed E-state index contributed by atoms with van der Waals surface area (Å²) < 4.78 is 0. The second kappa shape index (κ2) is 10.9. The Labute approximate surface area is 168 Å². The van der Waals surface area contributed by atoms with Crippen LogP contribution in [0.3, 0.4) is 0 Å². The van der Waals surface area contributed by atoms with E-state index in [0.717, 1.165) is 44.9 Å². The summed E-state index contributed by atoms with van der Waals surface area (Å²) in [6.07, 6.45) is 12.2. The summed E-state index contributed by atoms with van der Waals surface area (Å²) in [4.78, 5) is 42.7. The Bertz CT molecular complexity index is 679. The van der Waals surface area contributed by atoms with Crippen molar-refractivity contribution in [2.24, 2.45) is 16.8 Å². The third-order valence-corrected chi connectivity index (χ3v) is 5.42. The van der Waals surface area contributed by atoms with E-state index < -0.39 is 11.9 Å². The number of carbonyl (C=O) groups excluding carboxylic acids is 3. The molecule has 154 valence electrons. The van der Waals surface area contributed by atoms with Crippen molar-refractivity contribution in [2.75, 3.05) is 13.1 Å². The van der Waals surface area contributed by atoms with Crippen LogP contribution < -0.4 is 5.32 Å². The first-order chi connectivity index (χ1) is 13.5. The zero-order chi connectivity index (χ0) is 20.5. The fourth-order valence-electron chi connectivity index (χ4n) is 3.49. The second-order valence-electron chi connectivity index (χ2n) is 7.58. The van der Waals surface area contributed by atoms with Gasteiger partial charge in [-0.25, -0.2) is 4.79 Å². The molecule has 2 unspecified atom stereocenters. The summed E-state index contributed by atoms with van der Waals surface area (Å²) in [6, 6.07) is -0.524. The number of nitrogens with one attached hydrogen (secondary N) is 1. The van der Waals surface area contributed by atoms with E-state index in [1.54, 1.807) is 18.2 Å². The van der Waals surface area contributed by atoms with Gasteiger partial charge in [-0.15, -0.1) is 0 Å². The van der Waals surface area contributed by atoms with E-state index in [-0.39, 0.29) is 11.8 Å². The summed E-state index contributed by atoms with van der Waals surface area (Å²) in [5.74, 6) is -0.526. The third kappa shape index (κ3) is 5.63. The highest BCUT2D eigenvalue weighted by atomic mass is 16.2. The van der Waals surface area contributed by atoms with Gasteiger partial charge < -0.3 is 5.32 Å². The molecule has 1 aliphatic heterocycles. The Hall–Kier alpha value is -2.24. The molecule has 0 spiro atoms. The largest absolute Gasteiger partial charge is 0.352 e. The van der Waals surface area contributed by atoms with Crippen molar-refractivity contribution in [3.63, 3.8) is 0 Å². The van der Waals surface area contributed by atoms with Gasteiger partial charge in [0.05, 0.1) is 11.6 Å². The molecule has 0 radical (unpaired) electrons. The topological polar surface area (TPSA) is 78.8 Å².